The molecule has 0 aromatic rings. The maximum atomic E-state index is 11.0. The summed E-state index contributed by atoms with van der Waals surface area (Å²) in [6.07, 6.45) is 1.20. The first-order valence-electron chi connectivity index (χ1n) is 3.83. The molecule has 3 heteroatoms. The van der Waals surface area contributed by atoms with E-state index in [-0.39, 0.29) is 6.03 Å². The normalized spacial score (nSPS) is 38.1. The van der Waals surface area contributed by atoms with Gasteiger partial charge in [-0.1, -0.05) is 6.92 Å². The number of rotatable bonds is 1. The number of amides is 2. The summed E-state index contributed by atoms with van der Waals surface area (Å²) in [7, 11) is 0. The predicted molar refractivity (Wildman–Crippen MR) is 37.7 cm³/mol. The van der Waals surface area contributed by atoms with Crippen molar-refractivity contribution in [2.75, 3.05) is 13.1 Å². The summed E-state index contributed by atoms with van der Waals surface area (Å²) in [4.78, 5) is 13.0. The Morgan fingerprint density at radius 2 is 2.40 bits per heavy atom. The van der Waals surface area contributed by atoms with E-state index < -0.39 is 0 Å². The fourth-order valence-corrected chi connectivity index (χ4v) is 1.54. The van der Waals surface area contributed by atoms with Crippen molar-refractivity contribution < 1.29 is 4.79 Å². The summed E-state index contributed by atoms with van der Waals surface area (Å²) >= 11 is 0. The van der Waals surface area contributed by atoms with Gasteiger partial charge in [0.2, 0.25) is 0 Å². The molecule has 1 aliphatic carbocycles. The lowest BCUT2D eigenvalue weighted by atomic mass is 10.4. The van der Waals surface area contributed by atoms with Crippen molar-refractivity contribution in [2.45, 2.75) is 19.4 Å². The maximum absolute atomic E-state index is 11.0. The molecular formula is C7H12N2O. The molecule has 1 saturated heterocycles. The number of carbonyl (C=O) groups is 1. The van der Waals surface area contributed by atoms with Crippen LogP contribution in [0.1, 0.15) is 13.3 Å². The lowest BCUT2D eigenvalue weighted by Crippen LogP contribution is -2.30. The van der Waals surface area contributed by atoms with Gasteiger partial charge in [0, 0.05) is 19.1 Å². The van der Waals surface area contributed by atoms with Crippen LogP contribution < -0.4 is 5.32 Å². The van der Waals surface area contributed by atoms with Crippen molar-refractivity contribution in [1.82, 2.24) is 10.2 Å². The zero-order valence-electron chi connectivity index (χ0n) is 6.13. The first-order valence-corrected chi connectivity index (χ1v) is 3.83. The van der Waals surface area contributed by atoms with Crippen LogP contribution >= 0.6 is 0 Å². The van der Waals surface area contributed by atoms with Crippen molar-refractivity contribution in [1.29, 1.82) is 0 Å². The third-order valence-electron chi connectivity index (χ3n) is 2.36. The van der Waals surface area contributed by atoms with Crippen LogP contribution in [0.2, 0.25) is 0 Å². The van der Waals surface area contributed by atoms with Gasteiger partial charge in [0.05, 0.1) is 0 Å². The van der Waals surface area contributed by atoms with Gasteiger partial charge in [0.15, 0.2) is 0 Å². The van der Waals surface area contributed by atoms with Gasteiger partial charge in [0.25, 0.3) is 0 Å². The number of carbonyl (C=O) groups excluding carboxylic acids is 1. The minimum atomic E-state index is 0.134. The second kappa shape index (κ2) is 1.87. The monoisotopic (exact) mass is 140 g/mol. The van der Waals surface area contributed by atoms with E-state index in [9.17, 15) is 4.79 Å². The van der Waals surface area contributed by atoms with Crippen LogP contribution in [0.15, 0.2) is 0 Å². The first-order chi connectivity index (χ1) is 4.79. The van der Waals surface area contributed by atoms with Gasteiger partial charge >= 0.3 is 6.03 Å². The van der Waals surface area contributed by atoms with Crippen molar-refractivity contribution in [3.8, 4) is 0 Å². The van der Waals surface area contributed by atoms with Crippen LogP contribution in [-0.4, -0.2) is 30.1 Å². The molecule has 1 saturated carbocycles. The Morgan fingerprint density at radius 1 is 1.70 bits per heavy atom. The summed E-state index contributed by atoms with van der Waals surface area (Å²) in [6, 6.07) is 0.692. The largest absolute Gasteiger partial charge is 0.336 e. The predicted octanol–water partition coefficient (Wildman–Crippen LogP) is 0.420. The summed E-state index contributed by atoms with van der Waals surface area (Å²) in [5.41, 5.74) is 0. The van der Waals surface area contributed by atoms with Gasteiger partial charge in [-0.2, -0.15) is 0 Å². The molecule has 2 rings (SSSR count). The zero-order valence-corrected chi connectivity index (χ0v) is 6.13. The van der Waals surface area contributed by atoms with Crippen LogP contribution in [0.4, 0.5) is 4.79 Å². The third kappa shape index (κ3) is 0.770. The van der Waals surface area contributed by atoms with Gasteiger partial charge in [-0.05, 0) is 12.3 Å². The van der Waals surface area contributed by atoms with Gasteiger partial charge in [-0.15, -0.1) is 0 Å². The van der Waals surface area contributed by atoms with Crippen LogP contribution in [-0.2, 0) is 0 Å². The molecule has 2 atom stereocenters. The molecule has 1 heterocycles. The first kappa shape index (κ1) is 6.01. The van der Waals surface area contributed by atoms with E-state index in [1.165, 1.54) is 6.42 Å². The molecule has 2 aliphatic rings. The van der Waals surface area contributed by atoms with Gasteiger partial charge in [-0.3, -0.25) is 0 Å². The highest BCUT2D eigenvalue weighted by Gasteiger charge is 2.41. The van der Waals surface area contributed by atoms with Gasteiger partial charge in [0.1, 0.15) is 0 Å². The third-order valence-corrected chi connectivity index (χ3v) is 2.36. The molecule has 0 aromatic carbocycles. The summed E-state index contributed by atoms with van der Waals surface area (Å²) < 4.78 is 0. The molecule has 56 valence electrons. The topological polar surface area (TPSA) is 32.3 Å². The zero-order chi connectivity index (χ0) is 7.14. The Bertz CT molecular complexity index is 169. The second-order valence-electron chi connectivity index (χ2n) is 3.21. The maximum Gasteiger partial charge on any atom is 0.317 e. The summed E-state index contributed by atoms with van der Waals surface area (Å²) in [6.45, 7) is 3.94. The average molecular weight is 140 g/mol. The fourth-order valence-electron chi connectivity index (χ4n) is 1.54. The van der Waals surface area contributed by atoms with E-state index in [0.29, 0.717) is 6.04 Å². The van der Waals surface area contributed by atoms with Gasteiger partial charge < -0.3 is 10.2 Å². The molecule has 3 nitrogen and oxygen atoms in total. The Kier molecular flexibility index (Phi) is 1.13. The van der Waals surface area contributed by atoms with E-state index in [1.807, 2.05) is 4.90 Å². The summed E-state index contributed by atoms with van der Waals surface area (Å²) in [5, 5.41) is 2.80. The Hall–Kier alpha value is -0.730. The minimum Gasteiger partial charge on any atom is -0.336 e. The number of hydrogen-bond acceptors (Lipinski definition) is 1. The number of nitrogens with zero attached hydrogens (tertiary/aromatic N) is 1. The van der Waals surface area contributed by atoms with E-state index in [4.69, 9.17) is 0 Å². The fraction of sp³-hybridized carbons (Fsp3) is 0.857. The molecule has 2 fully saturated rings. The second-order valence-corrected chi connectivity index (χ2v) is 3.21. The molecule has 0 radical (unpaired) electrons. The Labute approximate surface area is 60.4 Å². The van der Waals surface area contributed by atoms with Crippen LogP contribution in [0.25, 0.3) is 0 Å². The molecule has 1 aliphatic heterocycles. The van der Waals surface area contributed by atoms with Crippen molar-refractivity contribution in [2.24, 2.45) is 5.92 Å². The standard InChI is InChI=1S/C7H12N2O/c1-5-4-6(5)9-3-2-8-7(9)10/h5-6H,2-4H2,1H3,(H,8,10). The van der Waals surface area contributed by atoms with E-state index in [2.05, 4.69) is 12.2 Å². The lowest BCUT2D eigenvalue weighted by Gasteiger charge is -2.12. The molecule has 10 heavy (non-hydrogen) atoms. The summed E-state index contributed by atoms with van der Waals surface area (Å²) in [5.74, 6) is 0.740. The van der Waals surface area contributed by atoms with Crippen LogP contribution in [0, 0.1) is 5.92 Å². The average Bonchev–Trinajstić information content (AvgIpc) is 2.42. The molecule has 0 aromatic heterocycles. The van der Waals surface area contributed by atoms with Crippen molar-refractivity contribution in [3.05, 3.63) is 0 Å². The van der Waals surface area contributed by atoms with Crippen molar-refractivity contribution >= 4 is 6.03 Å². The number of urea groups is 1. The highest BCUT2D eigenvalue weighted by atomic mass is 16.2. The Balaban J connectivity index is 1.98. The van der Waals surface area contributed by atoms with Crippen LogP contribution in [0.5, 0.6) is 0 Å². The van der Waals surface area contributed by atoms with E-state index >= 15 is 0 Å². The SMILES string of the molecule is CC1CC1N1CCNC1=O. The molecule has 1 N–H and O–H groups in total. The molecular weight excluding hydrogens is 128 g/mol. The number of hydrogen-bond donors (Lipinski definition) is 1. The highest BCUT2D eigenvalue weighted by Crippen LogP contribution is 2.35. The molecule has 0 spiro atoms. The molecule has 2 unspecified atom stereocenters. The Morgan fingerprint density at radius 3 is 2.80 bits per heavy atom. The van der Waals surface area contributed by atoms with Crippen molar-refractivity contribution in [3.63, 3.8) is 0 Å². The minimum absolute atomic E-state index is 0.134. The lowest BCUT2D eigenvalue weighted by molar-refractivity contribution is 0.213. The van der Waals surface area contributed by atoms with Gasteiger partial charge in [-0.25, -0.2) is 4.79 Å². The van der Waals surface area contributed by atoms with E-state index in [1.54, 1.807) is 0 Å². The van der Waals surface area contributed by atoms with Crippen LogP contribution in [0.3, 0.4) is 0 Å². The van der Waals surface area contributed by atoms with E-state index in [0.717, 1.165) is 19.0 Å². The number of nitrogens with one attached hydrogen (secondary N) is 1. The smallest absolute Gasteiger partial charge is 0.317 e. The highest BCUT2D eigenvalue weighted by molar-refractivity contribution is 5.76. The molecule has 2 amide bonds. The molecule has 0 bridgehead atoms. The quantitative estimate of drug-likeness (QED) is 0.562.